The van der Waals surface area contributed by atoms with Crippen molar-refractivity contribution in [1.29, 1.82) is 5.26 Å². The Kier molecular flexibility index (Phi) is 5.17. The molecule has 0 radical (unpaired) electrons. The number of nitrogens with one attached hydrogen (secondary N) is 1. The van der Waals surface area contributed by atoms with Crippen molar-refractivity contribution in [3.8, 4) is 6.07 Å². The Morgan fingerprint density at radius 3 is 3.04 bits per heavy atom. The molecule has 9 heteroatoms. The van der Waals surface area contributed by atoms with Crippen LogP contribution in [0, 0.1) is 11.3 Å². The first-order valence-corrected chi connectivity index (χ1v) is 9.37. The van der Waals surface area contributed by atoms with Crippen LogP contribution in [0.4, 0.5) is 5.82 Å². The van der Waals surface area contributed by atoms with Crippen LogP contribution in [0.25, 0.3) is 10.2 Å². The minimum atomic E-state index is -0.187. The van der Waals surface area contributed by atoms with E-state index in [1.807, 2.05) is 11.4 Å². The molecule has 3 heterocycles. The van der Waals surface area contributed by atoms with Crippen LogP contribution >= 0.6 is 38.6 Å². The lowest BCUT2D eigenvalue weighted by Gasteiger charge is -2.04. The maximum Gasteiger partial charge on any atom is 0.170 e. The smallest absolute Gasteiger partial charge is 0.170 e. The van der Waals surface area contributed by atoms with Gasteiger partial charge in [0.2, 0.25) is 0 Å². The van der Waals surface area contributed by atoms with Crippen molar-refractivity contribution < 1.29 is 0 Å². The molecular formula is C14H13BrN6S2. The van der Waals surface area contributed by atoms with Crippen LogP contribution in [0.15, 0.2) is 22.0 Å². The average Bonchev–Trinajstić information content (AvgIpc) is 3.15. The lowest BCUT2D eigenvalue weighted by molar-refractivity contribution is 0.690. The third kappa shape index (κ3) is 3.67. The van der Waals surface area contributed by atoms with Crippen LogP contribution in [-0.4, -0.2) is 21.5 Å². The number of rotatable bonds is 6. The Labute approximate surface area is 149 Å². The molecular weight excluding hydrogens is 396 g/mol. The maximum absolute atomic E-state index is 8.75. The van der Waals surface area contributed by atoms with Gasteiger partial charge in [0, 0.05) is 15.8 Å². The zero-order valence-electron chi connectivity index (χ0n) is 12.0. The molecule has 0 fully saturated rings. The zero-order valence-corrected chi connectivity index (χ0v) is 15.2. The summed E-state index contributed by atoms with van der Waals surface area (Å²) >= 11 is 6.84. The van der Waals surface area contributed by atoms with Crippen LogP contribution in [0.1, 0.15) is 16.2 Å². The highest BCUT2D eigenvalue weighted by Crippen LogP contribution is 2.37. The average molecular weight is 409 g/mol. The predicted octanol–water partition coefficient (Wildman–Crippen LogP) is 3.31. The lowest BCUT2D eigenvalue weighted by Crippen LogP contribution is -2.21. The van der Waals surface area contributed by atoms with Crippen LogP contribution in [0.3, 0.4) is 0 Å². The van der Waals surface area contributed by atoms with E-state index in [1.165, 1.54) is 4.88 Å². The van der Waals surface area contributed by atoms with E-state index in [0.29, 0.717) is 25.2 Å². The topological polar surface area (TPSA) is 101 Å². The Hall–Kier alpha value is -1.60. The fourth-order valence-corrected chi connectivity index (χ4v) is 4.75. The second-order valence-corrected chi connectivity index (χ2v) is 7.84. The molecule has 0 saturated carbocycles. The number of nitriles is 1. The second-order valence-electron chi connectivity index (χ2n) is 4.91. The molecule has 3 aromatic rings. The third-order valence-electron chi connectivity index (χ3n) is 3.21. The van der Waals surface area contributed by atoms with Gasteiger partial charge < -0.3 is 11.1 Å². The Morgan fingerprint density at radius 1 is 1.43 bits per heavy atom. The second kappa shape index (κ2) is 7.31. The highest BCUT2D eigenvalue weighted by atomic mass is 79.9. The minimum Gasteiger partial charge on any atom is -0.362 e. The largest absolute Gasteiger partial charge is 0.362 e. The van der Waals surface area contributed by atoms with Crippen LogP contribution < -0.4 is 11.1 Å². The lowest BCUT2D eigenvalue weighted by atomic mass is 10.1. The van der Waals surface area contributed by atoms with Crippen molar-refractivity contribution in [3.05, 3.63) is 31.7 Å². The Bertz CT molecular complexity index is 839. The normalized spacial score (nSPS) is 12.2. The minimum absolute atomic E-state index is 0.187. The zero-order chi connectivity index (χ0) is 16.2. The van der Waals surface area contributed by atoms with Gasteiger partial charge in [-0.1, -0.05) is 6.07 Å². The molecule has 0 amide bonds. The van der Waals surface area contributed by atoms with Gasteiger partial charge in [-0.15, -0.1) is 32.9 Å². The molecule has 6 nitrogen and oxygen atoms in total. The van der Waals surface area contributed by atoms with Gasteiger partial charge in [-0.3, -0.25) is 0 Å². The van der Waals surface area contributed by atoms with E-state index in [1.54, 1.807) is 22.7 Å². The van der Waals surface area contributed by atoms with E-state index in [-0.39, 0.29) is 6.04 Å². The summed E-state index contributed by atoms with van der Waals surface area (Å²) < 4.78 is 1.84. The van der Waals surface area contributed by atoms with Crippen LogP contribution in [0.2, 0.25) is 0 Å². The van der Waals surface area contributed by atoms with Crippen molar-refractivity contribution in [2.45, 2.75) is 25.4 Å². The first-order valence-electron chi connectivity index (χ1n) is 6.88. The number of thiophene rings is 2. The molecule has 0 aliphatic rings. The Morgan fingerprint density at radius 2 is 2.30 bits per heavy atom. The number of hydrogen-bond acceptors (Lipinski definition) is 8. The molecule has 0 spiro atoms. The summed E-state index contributed by atoms with van der Waals surface area (Å²) in [6.07, 6.45) is 0.952. The highest BCUT2D eigenvalue weighted by Gasteiger charge is 2.17. The molecule has 0 aromatic carbocycles. The third-order valence-corrected chi connectivity index (χ3v) is 6.41. The molecule has 0 bridgehead atoms. The van der Waals surface area contributed by atoms with Gasteiger partial charge in [-0.2, -0.15) is 5.26 Å². The first kappa shape index (κ1) is 16.3. The van der Waals surface area contributed by atoms with Crippen molar-refractivity contribution >= 4 is 54.6 Å². The van der Waals surface area contributed by atoms with E-state index >= 15 is 0 Å². The van der Waals surface area contributed by atoms with E-state index in [9.17, 15) is 0 Å². The fourth-order valence-electron chi connectivity index (χ4n) is 2.11. The summed E-state index contributed by atoms with van der Waals surface area (Å²) in [5, 5.41) is 26.2. The summed E-state index contributed by atoms with van der Waals surface area (Å²) in [4.78, 5) is 2.29. The van der Waals surface area contributed by atoms with Crippen molar-refractivity contribution in [2.75, 3.05) is 5.32 Å². The maximum atomic E-state index is 8.75. The summed E-state index contributed by atoms with van der Waals surface area (Å²) in [6, 6.07) is 6.00. The van der Waals surface area contributed by atoms with Gasteiger partial charge in [0.05, 0.1) is 23.5 Å². The van der Waals surface area contributed by atoms with Gasteiger partial charge >= 0.3 is 0 Å². The molecule has 0 aliphatic heterocycles. The van der Waals surface area contributed by atoms with Gasteiger partial charge in [-0.25, -0.2) is 0 Å². The summed E-state index contributed by atoms with van der Waals surface area (Å²) in [7, 11) is 0. The van der Waals surface area contributed by atoms with E-state index in [0.717, 1.165) is 19.6 Å². The highest BCUT2D eigenvalue weighted by molar-refractivity contribution is 9.10. The SMILES string of the molecule is N#CC[C@H](N)Cc1sc2c(NCc3cccs3)nnnc2c1Br. The van der Waals surface area contributed by atoms with Gasteiger partial charge in [0.15, 0.2) is 5.82 Å². The molecule has 23 heavy (non-hydrogen) atoms. The van der Waals surface area contributed by atoms with Gasteiger partial charge in [0.1, 0.15) is 10.2 Å². The molecule has 3 rings (SSSR count). The number of aromatic nitrogens is 3. The molecule has 3 N–H and O–H groups in total. The van der Waals surface area contributed by atoms with Crippen molar-refractivity contribution in [1.82, 2.24) is 15.4 Å². The van der Waals surface area contributed by atoms with E-state index in [2.05, 4.69) is 48.8 Å². The number of anilines is 1. The Balaban J connectivity index is 1.86. The van der Waals surface area contributed by atoms with Gasteiger partial charge in [-0.05, 0) is 39.0 Å². The monoisotopic (exact) mass is 408 g/mol. The quantitative estimate of drug-likeness (QED) is 0.648. The first-order chi connectivity index (χ1) is 11.2. The molecule has 0 aliphatic carbocycles. The summed E-state index contributed by atoms with van der Waals surface area (Å²) in [5.41, 5.74) is 6.74. The standard InChI is InChI=1S/C14H13BrN6S2/c15-11-10(6-8(17)3-4-16)23-13-12(11)19-21-20-14(13)18-7-9-2-1-5-22-9/h1-2,5,8H,3,6-7,17H2,(H,18,19,20)/t8-/m0/s1. The molecule has 1 atom stereocenters. The number of hydrogen-bond donors (Lipinski definition) is 2. The predicted molar refractivity (Wildman–Crippen MR) is 96.5 cm³/mol. The number of nitrogens with two attached hydrogens (primary N) is 1. The number of fused-ring (bicyclic) bond motifs is 1. The molecule has 3 aromatic heterocycles. The van der Waals surface area contributed by atoms with E-state index in [4.69, 9.17) is 11.0 Å². The summed E-state index contributed by atoms with van der Waals surface area (Å²) in [5.74, 6) is 0.717. The fraction of sp³-hybridized carbons (Fsp3) is 0.286. The number of nitrogens with zero attached hydrogens (tertiary/aromatic N) is 4. The van der Waals surface area contributed by atoms with E-state index < -0.39 is 0 Å². The molecule has 0 unspecified atom stereocenters. The molecule has 0 saturated heterocycles. The number of halogens is 1. The van der Waals surface area contributed by atoms with Crippen LogP contribution in [-0.2, 0) is 13.0 Å². The van der Waals surface area contributed by atoms with Gasteiger partial charge in [0.25, 0.3) is 0 Å². The van der Waals surface area contributed by atoms with Crippen LogP contribution in [0.5, 0.6) is 0 Å². The molecule has 118 valence electrons. The summed E-state index contributed by atoms with van der Waals surface area (Å²) in [6.45, 7) is 0.699. The van der Waals surface area contributed by atoms with Crippen molar-refractivity contribution in [3.63, 3.8) is 0 Å². The van der Waals surface area contributed by atoms with Crippen molar-refractivity contribution in [2.24, 2.45) is 5.73 Å².